The zero-order chi connectivity index (χ0) is 18.4. The number of carbonyl (C=O) groups is 2. The molecule has 0 bridgehead atoms. The summed E-state index contributed by atoms with van der Waals surface area (Å²) in [7, 11) is 0. The van der Waals surface area contributed by atoms with E-state index in [1.165, 1.54) is 0 Å². The number of aromatic nitrogens is 2. The molecule has 7 heteroatoms. The fourth-order valence-corrected chi connectivity index (χ4v) is 2.54. The summed E-state index contributed by atoms with van der Waals surface area (Å²) in [6, 6.07) is 8.70. The van der Waals surface area contributed by atoms with Crippen molar-refractivity contribution in [3.63, 3.8) is 0 Å². The van der Waals surface area contributed by atoms with E-state index in [0.29, 0.717) is 17.3 Å². The third-order valence-corrected chi connectivity index (χ3v) is 4.08. The van der Waals surface area contributed by atoms with Crippen LogP contribution in [0.4, 0.5) is 0 Å². The molecule has 1 heterocycles. The Morgan fingerprint density at radius 2 is 1.96 bits per heavy atom. The van der Waals surface area contributed by atoms with Crippen LogP contribution in [0, 0.1) is 0 Å². The molecule has 0 fully saturated rings. The third kappa shape index (κ3) is 4.23. The van der Waals surface area contributed by atoms with Gasteiger partial charge in [-0.05, 0) is 12.0 Å². The molecule has 1 aromatic carbocycles. The summed E-state index contributed by atoms with van der Waals surface area (Å²) in [6.45, 7) is 5.63. The average molecular weight is 345 g/mol. The van der Waals surface area contributed by atoms with E-state index in [1.807, 2.05) is 13.8 Å². The molecule has 2 aromatic rings. The van der Waals surface area contributed by atoms with Gasteiger partial charge in [0, 0.05) is 18.8 Å². The van der Waals surface area contributed by atoms with Crippen molar-refractivity contribution >= 4 is 11.9 Å². The maximum atomic E-state index is 12.3. The summed E-state index contributed by atoms with van der Waals surface area (Å²) in [5, 5.41) is 16.2. The van der Waals surface area contributed by atoms with Crippen molar-refractivity contribution in [3.8, 4) is 0 Å². The number of aliphatic carboxylic acids is 1. The highest BCUT2D eigenvalue weighted by Crippen LogP contribution is 2.25. The first kappa shape index (κ1) is 18.6. The molecule has 1 aromatic heterocycles. The average Bonchev–Trinajstić information content (AvgIpc) is 3.08. The van der Waals surface area contributed by atoms with Gasteiger partial charge >= 0.3 is 5.97 Å². The van der Waals surface area contributed by atoms with Gasteiger partial charge in [-0.2, -0.15) is 4.98 Å². The number of benzene rings is 1. The second-order valence-corrected chi connectivity index (χ2v) is 6.18. The van der Waals surface area contributed by atoms with Crippen molar-refractivity contribution in [1.29, 1.82) is 0 Å². The summed E-state index contributed by atoms with van der Waals surface area (Å²) in [6.07, 6.45) is 0.567. The molecule has 0 saturated heterocycles. The molecule has 0 radical (unpaired) electrons. The molecule has 1 unspecified atom stereocenters. The highest BCUT2D eigenvalue weighted by molar-refractivity contribution is 5.88. The fraction of sp³-hybridized carbons (Fsp3) is 0.444. The van der Waals surface area contributed by atoms with E-state index in [-0.39, 0.29) is 31.1 Å². The number of hydrogen-bond donors (Lipinski definition) is 2. The zero-order valence-electron chi connectivity index (χ0n) is 14.7. The summed E-state index contributed by atoms with van der Waals surface area (Å²) < 4.78 is 5.11. The molecule has 0 saturated carbocycles. The van der Waals surface area contributed by atoms with Crippen molar-refractivity contribution in [2.75, 3.05) is 0 Å². The van der Waals surface area contributed by atoms with Gasteiger partial charge in [-0.3, -0.25) is 4.79 Å². The molecule has 1 atom stereocenters. The van der Waals surface area contributed by atoms with Gasteiger partial charge in [0.1, 0.15) is 0 Å². The van der Waals surface area contributed by atoms with E-state index < -0.39 is 11.5 Å². The second kappa shape index (κ2) is 7.92. The minimum absolute atomic E-state index is 0.0710. The minimum Gasteiger partial charge on any atom is -0.479 e. The van der Waals surface area contributed by atoms with Crippen LogP contribution in [-0.2, 0) is 21.5 Å². The summed E-state index contributed by atoms with van der Waals surface area (Å²) in [4.78, 5) is 28.4. The lowest BCUT2D eigenvalue weighted by Crippen LogP contribution is -2.51. The van der Waals surface area contributed by atoms with Gasteiger partial charge in [0.05, 0.1) is 0 Å². The highest BCUT2D eigenvalue weighted by Gasteiger charge is 2.40. The van der Waals surface area contributed by atoms with Crippen LogP contribution >= 0.6 is 0 Å². The molecule has 2 rings (SSSR count). The zero-order valence-corrected chi connectivity index (χ0v) is 14.7. The normalized spacial score (nSPS) is 13.4. The second-order valence-electron chi connectivity index (χ2n) is 6.18. The Bertz CT molecular complexity index is 727. The standard InChI is InChI=1S/C18H23N3O4/c1-4-18(17(23)24,13-8-6-5-7-9-13)20-14(22)10-11-15-19-16(12(2)3)21-25-15/h5-9,12H,4,10-11H2,1-3H3,(H,20,22)(H,23,24). The number of nitrogens with one attached hydrogen (secondary N) is 1. The molecule has 1 amide bonds. The Morgan fingerprint density at radius 1 is 1.28 bits per heavy atom. The Hall–Kier alpha value is -2.70. The predicted molar refractivity (Wildman–Crippen MR) is 90.9 cm³/mol. The van der Waals surface area contributed by atoms with E-state index in [2.05, 4.69) is 15.5 Å². The van der Waals surface area contributed by atoms with Gasteiger partial charge in [0.2, 0.25) is 11.8 Å². The Labute approximate surface area is 146 Å². The first-order chi connectivity index (χ1) is 11.9. The van der Waals surface area contributed by atoms with Crippen molar-refractivity contribution in [2.24, 2.45) is 0 Å². The molecular weight excluding hydrogens is 322 g/mol. The van der Waals surface area contributed by atoms with E-state index in [4.69, 9.17) is 4.52 Å². The quantitative estimate of drug-likeness (QED) is 0.762. The van der Waals surface area contributed by atoms with Crippen molar-refractivity contribution in [2.45, 2.75) is 51.5 Å². The number of carbonyl (C=O) groups excluding carboxylic acids is 1. The molecule has 134 valence electrons. The Kier molecular flexibility index (Phi) is 5.90. The summed E-state index contributed by atoms with van der Waals surface area (Å²) in [5.41, 5.74) is -0.908. The van der Waals surface area contributed by atoms with Gasteiger partial charge < -0.3 is 14.9 Å². The molecule has 25 heavy (non-hydrogen) atoms. The topological polar surface area (TPSA) is 105 Å². The van der Waals surface area contributed by atoms with E-state index >= 15 is 0 Å². The lowest BCUT2D eigenvalue weighted by molar-refractivity contribution is -0.148. The number of rotatable bonds is 8. The van der Waals surface area contributed by atoms with Crippen LogP contribution in [-0.4, -0.2) is 27.1 Å². The maximum absolute atomic E-state index is 12.3. The van der Waals surface area contributed by atoms with Crippen LogP contribution in [0.25, 0.3) is 0 Å². The van der Waals surface area contributed by atoms with Crippen LogP contribution in [0.5, 0.6) is 0 Å². The summed E-state index contributed by atoms with van der Waals surface area (Å²) >= 11 is 0. The predicted octanol–water partition coefficient (Wildman–Crippen LogP) is 2.63. The molecule has 2 N–H and O–H groups in total. The maximum Gasteiger partial charge on any atom is 0.334 e. The monoisotopic (exact) mass is 345 g/mol. The van der Waals surface area contributed by atoms with Gasteiger partial charge in [-0.1, -0.05) is 56.3 Å². The molecule has 0 aliphatic rings. The number of carboxylic acid groups (broad SMARTS) is 1. The first-order valence-electron chi connectivity index (χ1n) is 8.31. The lowest BCUT2D eigenvalue weighted by Gasteiger charge is -2.30. The van der Waals surface area contributed by atoms with Gasteiger partial charge in [-0.15, -0.1) is 0 Å². The summed E-state index contributed by atoms with van der Waals surface area (Å²) in [5.74, 6) is -0.361. The molecule has 7 nitrogen and oxygen atoms in total. The molecular formula is C18H23N3O4. The molecule has 0 spiro atoms. The minimum atomic E-state index is -1.45. The van der Waals surface area contributed by atoms with Gasteiger partial charge in [0.25, 0.3) is 0 Å². The van der Waals surface area contributed by atoms with E-state index in [0.717, 1.165) is 0 Å². The van der Waals surface area contributed by atoms with Crippen molar-refractivity contribution in [3.05, 3.63) is 47.6 Å². The SMILES string of the molecule is CCC(NC(=O)CCc1nc(C(C)C)no1)(C(=O)O)c1ccccc1. The van der Waals surface area contributed by atoms with Gasteiger partial charge in [-0.25, -0.2) is 4.79 Å². The lowest BCUT2D eigenvalue weighted by atomic mass is 9.87. The van der Waals surface area contributed by atoms with Crippen LogP contribution in [0.15, 0.2) is 34.9 Å². The molecule has 0 aliphatic heterocycles. The van der Waals surface area contributed by atoms with Crippen LogP contribution in [0.2, 0.25) is 0 Å². The number of carboxylic acids is 1. The number of nitrogens with zero attached hydrogens (tertiary/aromatic N) is 2. The van der Waals surface area contributed by atoms with Crippen LogP contribution in [0.3, 0.4) is 0 Å². The number of hydrogen-bond acceptors (Lipinski definition) is 5. The first-order valence-corrected chi connectivity index (χ1v) is 8.31. The fourth-order valence-electron chi connectivity index (χ4n) is 2.54. The van der Waals surface area contributed by atoms with Crippen LogP contribution < -0.4 is 5.32 Å². The van der Waals surface area contributed by atoms with Gasteiger partial charge in [0.15, 0.2) is 11.4 Å². The Balaban J connectivity index is 2.08. The number of amides is 1. The van der Waals surface area contributed by atoms with Crippen molar-refractivity contribution < 1.29 is 19.2 Å². The van der Waals surface area contributed by atoms with Crippen molar-refractivity contribution in [1.82, 2.24) is 15.5 Å². The highest BCUT2D eigenvalue weighted by atomic mass is 16.5. The number of aryl methyl sites for hydroxylation is 1. The molecule has 0 aliphatic carbocycles. The van der Waals surface area contributed by atoms with Crippen LogP contribution in [0.1, 0.15) is 56.8 Å². The van der Waals surface area contributed by atoms with E-state index in [9.17, 15) is 14.7 Å². The third-order valence-electron chi connectivity index (χ3n) is 4.08. The largest absolute Gasteiger partial charge is 0.479 e. The Morgan fingerprint density at radius 3 is 2.48 bits per heavy atom. The van der Waals surface area contributed by atoms with E-state index in [1.54, 1.807) is 37.3 Å². The smallest absolute Gasteiger partial charge is 0.334 e.